The molecule has 0 aromatic carbocycles. The number of esters is 1. The van der Waals surface area contributed by atoms with E-state index in [1.807, 2.05) is 0 Å². The van der Waals surface area contributed by atoms with Gasteiger partial charge in [0.05, 0.1) is 6.61 Å². The fraction of sp³-hybridized carbons (Fsp3) is 0.700. The molecular weight excluding hydrogens is 184 g/mol. The third kappa shape index (κ3) is 4.99. The van der Waals surface area contributed by atoms with Crippen LogP contribution in [0.1, 0.15) is 26.2 Å². The molecule has 0 aromatic heterocycles. The second kappa shape index (κ2) is 7.53. The number of aliphatic hydroxyl groups is 2. The summed E-state index contributed by atoms with van der Waals surface area (Å²) in [4.78, 5) is 11.0. The van der Waals surface area contributed by atoms with Gasteiger partial charge in [-0.25, -0.2) is 0 Å². The Morgan fingerprint density at radius 1 is 1.64 bits per heavy atom. The first-order chi connectivity index (χ1) is 6.65. The van der Waals surface area contributed by atoms with Crippen molar-refractivity contribution in [3.63, 3.8) is 0 Å². The number of aliphatic hydroxyl groups excluding tert-OH is 2. The lowest BCUT2D eigenvalue weighted by Gasteiger charge is -2.20. The van der Waals surface area contributed by atoms with Crippen LogP contribution in [0.5, 0.6) is 0 Å². The maximum atomic E-state index is 11.0. The zero-order valence-electron chi connectivity index (χ0n) is 8.48. The molecule has 0 spiro atoms. The molecule has 0 rings (SSSR count). The van der Waals surface area contributed by atoms with Crippen LogP contribution in [-0.4, -0.2) is 35.0 Å². The largest absolute Gasteiger partial charge is 0.460 e. The molecule has 2 N–H and O–H groups in total. The lowest BCUT2D eigenvalue weighted by molar-refractivity contribution is -0.156. The number of carbonyl (C=O) groups is 1. The van der Waals surface area contributed by atoms with Gasteiger partial charge in [0.1, 0.15) is 12.2 Å². The molecule has 4 heteroatoms. The zero-order valence-corrected chi connectivity index (χ0v) is 8.48. The van der Waals surface area contributed by atoms with Crippen molar-refractivity contribution in [3.05, 3.63) is 12.7 Å². The fourth-order valence-corrected chi connectivity index (χ4v) is 0.982. The van der Waals surface area contributed by atoms with Crippen LogP contribution in [0.2, 0.25) is 0 Å². The monoisotopic (exact) mass is 202 g/mol. The number of ether oxygens (including phenoxy) is 1. The lowest BCUT2D eigenvalue weighted by atomic mass is 10.1. The zero-order chi connectivity index (χ0) is 11.0. The number of allylic oxidation sites excluding steroid dienone is 1. The Bertz CT molecular complexity index is 179. The maximum absolute atomic E-state index is 11.0. The molecule has 0 aliphatic carbocycles. The third-order valence-corrected chi connectivity index (χ3v) is 1.84. The summed E-state index contributed by atoms with van der Waals surface area (Å²) in [6.07, 6.45) is 1.42. The van der Waals surface area contributed by atoms with Crippen LogP contribution < -0.4 is 0 Å². The average molecular weight is 202 g/mol. The molecule has 0 bridgehead atoms. The van der Waals surface area contributed by atoms with Crippen molar-refractivity contribution >= 4 is 5.97 Å². The lowest BCUT2D eigenvalue weighted by Crippen LogP contribution is -2.33. The summed E-state index contributed by atoms with van der Waals surface area (Å²) < 4.78 is 4.96. The number of rotatable bonds is 7. The third-order valence-electron chi connectivity index (χ3n) is 1.84. The van der Waals surface area contributed by atoms with Gasteiger partial charge in [0.25, 0.3) is 0 Å². The minimum absolute atomic E-state index is 0.267. The molecule has 2 unspecified atom stereocenters. The first kappa shape index (κ1) is 13.1. The molecule has 0 saturated carbocycles. The van der Waals surface area contributed by atoms with Gasteiger partial charge in [0.2, 0.25) is 0 Å². The summed E-state index contributed by atoms with van der Waals surface area (Å²) in [7, 11) is 0. The molecule has 0 aromatic rings. The fourth-order valence-electron chi connectivity index (χ4n) is 0.982. The van der Waals surface area contributed by atoms with Crippen LogP contribution in [0.4, 0.5) is 0 Å². The highest BCUT2D eigenvalue weighted by molar-refractivity contribution is 5.69. The van der Waals surface area contributed by atoms with Crippen molar-refractivity contribution in [1.82, 2.24) is 0 Å². The number of hydrogen-bond acceptors (Lipinski definition) is 4. The van der Waals surface area contributed by atoms with Gasteiger partial charge in [-0.1, -0.05) is 13.0 Å². The van der Waals surface area contributed by atoms with E-state index in [0.29, 0.717) is 12.8 Å². The van der Waals surface area contributed by atoms with Gasteiger partial charge in [-0.3, -0.25) is 4.79 Å². The van der Waals surface area contributed by atoms with Crippen molar-refractivity contribution in [2.24, 2.45) is 0 Å². The Kier molecular flexibility index (Phi) is 7.06. The van der Waals surface area contributed by atoms with E-state index < -0.39 is 18.8 Å². The average Bonchev–Trinajstić information content (AvgIpc) is 2.22. The summed E-state index contributed by atoms with van der Waals surface area (Å²) >= 11 is 0. The van der Waals surface area contributed by atoms with Gasteiger partial charge in [-0.05, 0) is 12.8 Å². The molecular formula is C10H18O4. The summed E-state index contributed by atoms with van der Waals surface area (Å²) in [5.74, 6) is -0.369. The van der Waals surface area contributed by atoms with Crippen molar-refractivity contribution in [3.8, 4) is 0 Å². The van der Waals surface area contributed by atoms with Gasteiger partial charge >= 0.3 is 5.97 Å². The minimum atomic E-state index is -1.01. The molecule has 4 nitrogen and oxygen atoms in total. The number of carbonyl (C=O) groups excluding carboxylic acids is 1. The second-order valence-corrected chi connectivity index (χ2v) is 3.00. The van der Waals surface area contributed by atoms with Crippen molar-refractivity contribution in [1.29, 1.82) is 0 Å². The molecule has 0 heterocycles. The standard InChI is InChI=1S/C10H18O4/c1-3-5-6-9(8(12)7-11)14-10(13)4-2/h3,8-9,11-12H,1,4-7H2,2H3. The van der Waals surface area contributed by atoms with Crippen LogP contribution in [-0.2, 0) is 9.53 Å². The Hall–Kier alpha value is -0.870. The van der Waals surface area contributed by atoms with Crippen LogP contribution in [0, 0.1) is 0 Å². The normalized spacial score (nSPS) is 14.5. The van der Waals surface area contributed by atoms with E-state index >= 15 is 0 Å². The molecule has 82 valence electrons. The molecule has 0 radical (unpaired) electrons. The van der Waals surface area contributed by atoms with Gasteiger partial charge in [0.15, 0.2) is 0 Å². The van der Waals surface area contributed by atoms with E-state index in [1.165, 1.54) is 0 Å². The quantitative estimate of drug-likeness (QED) is 0.469. The summed E-state index contributed by atoms with van der Waals surface area (Å²) in [6.45, 7) is 4.81. The highest BCUT2D eigenvalue weighted by Crippen LogP contribution is 2.09. The van der Waals surface area contributed by atoms with Gasteiger partial charge < -0.3 is 14.9 Å². The Labute approximate surface area is 84.2 Å². The van der Waals surface area contributed by atoms with Crippen LogP contribution in [0.15, 0.2) is 12.7 Å². The van der Waals surface area contributed by atoms with Gasteiger partial charge in [0, 0.05) is 6.42 Å². The van der Waals surface area contributed by atoms with Gasteiger partial charge in [-0.15, -0.1) is 6.58 Å². The maximum Gasteiger partial charge on any atom is 0.305 e. The molecule has 0 fully saturated rings. The minimum Gasteiger partial charge on any atom is -0.460 e. The van der Waals surface area contributed by atoms with E-state index in [9.17, 15) is 9.90 Å². The molecule has 0 aliphatic heterocycles. The van der Waals surface area contributed by atoms with Crippen LogP contribution in [0.3, 0.4) is 0 Å². The topological polar surface area (TPSA) is 66.8 Å². The van der Waals surface area contributed by atoms with E-state index in [0.717, 1.165) is 0 Å². The summed E-state index contributed by atoms with van der Waals surface area (Å²) in [5.41, 5.74) is 0. The summed E-state index contributed by atoms with van der Waals surface area (Å²) in [5, 5.41) is 18.1. The second-order valence-electron chi connectivity index (χ2n) is 3.00. The molecule has 0 amide bonds. The SMILES string of the molecule is C=CCCC(OC(=O)CC)C(O)CO. The molecule has 14 heavy (non-hydrogen) atoms. The highest BCUT2D eigenvalue weighted by atomic mass is 16.6. The Morgan fingerprint density at radius 2 is 2.29 bits per heavy atom. The van der Waals surface area contributed by atoms with E-state index in [-0.39, 0.29) is 12.4 Å². The van der Waals surface area contributed by atoms with Crippen molar-refractivity contribution in [2.45, 2.75) is 38.4 Å². The van der Waals surface area contributed by atoms with E-state index in [2.05, 4.69) is 6.58 Å². The molecule has 0 saturated heterocycles. The Balaban J connectivity index is 4.08. The molecule has 0 aliphatic rings. The highest BCUT2D eigenvalue weighted by Gasteiger charge is 2.21. The van der Waals surface area contributed by atoms with Crippen molar-refractivity contribution < 1.29 is 19.7 Å². The van der Waals surface area contributed by atoms with Crippen LogP contribution >= 0.6 is 0 Å². The molecule has 2 atom stereocenters. The smallest absolute Gasteiger partial charge is 0.305 e. The first-order valence-electron chi connectivity index (χ1n) is 4.75. The van der Waals surface area contributed by atoms with Crippen LogP contribution in [0.25, 0.3) is 0 Å². The van der Waals surface area contributed by atoms with E-state index in [4.69, 9.17) is 9.84 Å². The predicted molar refractivity (Wildman–Crippen MR) is 52.7 cm³/mol. The number of hydrogen-bond donors (Lipinski definition) is 2. The van der Waals surface area contributed by atoms with E-state index in [1.54, 1.807) is 13.0 Å². The predicted octanol–water partition coefficient (Wildman–Crippen LogP) is 0.628. The Morgan fingerprint density at radius 3 is 2.71 bits per heavy atom. The first-order valence-corrected chi connectivity index (χ1v) is 4.75. The summed E-state index contributed by atoms with van der Waals surface area (Å²) in [6, 6.07) is 0. The van der Waals surface area contributed by atoms with Gasteiger partial charge in [-0.2, -0.15) is 0 Å². The van der Waals surface area contributed by atoms with Crippen molar-refractivity contribution in [2.75, 3.05) is 6.61 Å².